The predicted molar refractivity (Wildman–Crippen MR) is 71.2 cm³/mol. The van der Waals surface area contributed by atoms with Gasteiger partial charge in [-0.15, -0.1) is 11.6 Å². The van der Waals surface area contributed by atoms with E-state index >= 15 is 0 Å². The van der Waals surface area contributed by atoms with Crippen molar-refractivity contribution in [3.63, 3.8) is 0 Å². The number of benzene rings is 1. The van der Waals surface area contributed by atoms with Crippen molar-refractivity contribution in [2.75, 3.05) is 18.5 Å². The molecular weight excluding hydrogens is 252 g/mol. The molecule has 5 heteroatoms. The molecule has 1 aliphatic heterocycles. The largest absolute Gasteiger partial charge is 0.355 e. The lowest BCUT2D eigenvalue weighted by Gasteiger charge is -2.19. The van der Waals surface area contributed by atoms with Crippen molar-refractivity contribution in [3.8, 4) is 0 Å². The van der Waals surface area contributed by atoms with Crippen LogP contribution >= 0.6 is 11.6 Å². The zero-order valence-electron chi connectivity index (χ0n) is 10.4. The lowest BCUT2D eigenvalue weighted by atomic mass is 10.1. The molecule has 1 fully saturated rings. The Hall–Kier alpha value is -1.55. The molecular formula is C13H15ClN2O2. The van der Waals surface area contributed by atoms with Gasteiger partial charge in [-0.1, -0.05) is 0 Å². The van der Waals surface area contributed by atoms with E-state index in [-0.39, 0.29) is 17.2 Å². The fraction of sp³-hybridized carbons (Fsp3) is 0.385. The maximum atomic E-state index is 11.8. The molecule has 2 amide bonds. The molecule has 96 valence electrons. The highest BCUT2D eigenvalue weighted by Gasteiger charge is 2.29. The predicted octanol–water partition coefficient (Wildman–Crippen LogP) is 1.70. The van der Waals surface area contributed by atoms with Gasteiger partial charge in [-0.25, -0.2) is 0 Å². The summed E-state index contributed by atoms with van der Waals surface area (Å²) in [6.45, 7) is 2.41. The van der Waals surface area contributed by atoms with Crippen molar-refractivity contribution < 1.29 is 9.59 Å². The second-order valence-electron chi connectivity index (χ2n) is 4.39. The summed E-state index contributed by atoms with van der Waals surface area (Å²) >= 11 is 5.98. The van der Waals surface area contributed by atoms with Crippen LogP contribution in [0.15, 0.2) is 18.2 Å². The molecule has 1 aliphatic rings. The van der Waals surface area contributed by atoms with Crippen molar-refractivity contribution in [3.05, 3.63) is 29.3 Å². The van der Waals surface area contributed by atoms with E-state index in [1.165, 1.54) is 0 Å². The maximum Gasteiger partial charge on any atom is 0.251 e. The minimum atomic E-state index is -0.132. The molecule has 0 aromatic heterocycles. The summed E-state index contributed by atoms with van der Waals surface area (Å²) in [6, 6.07) is 5.30. The van der Waals surface area contributed by atoms with E-state index < -0.39 is 0 Å². The Bertz CT molecular complexity index is 502. The molecule has 0 spiro atoms. The number of halogens is 1. The Labute approximate surface area is 111 Å². The topological polar surface area (TPSA) is 49.4 Å². The monoisotopic (exact) mass is 266 g/mol. The number of hydrogen-bond acceptors (Lipinski definition) is 2. The number of alkyl halides is 1. The van der Waals surface area contributed by atoms with Gasteiger partial charge in [-0.2, -0.15) is 0 Å². The molecule has 4 nitrogen and oxygen atoms in total. The second kappa shape index (κ2) is 4.98. The molecule has 1 unspecified atom stereocenters. The summed E-state index contributed by atoms with van der Waals surface area (Å²) in [5, 5.41) is 2.44. The van der Waals surface area contributed by atoms with Crippen molar-refractivity contribution in [1.29, 1.82) is 0 Å². The van der Waals surface area contributed by atoms with Crippen LogP contribution in [0.1, 0.15) is 22.3 Å². The van der Waals surface area contributed by atoms with Gasteiger partial charge in [-0.3, -0.25) is 9.59 Å². The molecule has 2 rings (SSSR count). The van der Waals surface area contributed by atoms with Gasteiger partial charge in [0, 0.05) is 31.3 Å². The second-order valence-corrected chi connectivity index (χ2v) is 5.00. The van der Waals surface area contributed by atoms with Crippen molar-refractivity contribution in [1.82, 2.24) is 5.32 Å². The number of carbonyl (C=O) groups excluding carboxylic acids is 2. The van der Waals surface area contributed by atoms with Gasteiger partial charge >= 0.3 is 0 Å². The Kier molecular flexibility index (Phi) is 3.57. The first-order valence-electron chi connectivity index (χ1n) is 5.80. The first-order chi connectivity index (χ1) is 8.52. The van der Waals surface area contributed by atoms with Gasteiger partial charge in [0.05, 0.1) is 5.38 Å². The first kappa shape index (κ1) is 12.9. The summed E-state index contributed by atoms with van der Waals surface area (Å²) < 4.78 is 0. The number of amides is 2. The molecule has 1 saturated heterocycles. The summed E-state index contributed by atoms with van der Waals surface area (Å²) in [6.07, 6.45) is 0.373. The van der Waals surface area contributed by atoms with Gasteiger partial charge < -0.3 is 10.2 Å². The molecule has 1 aromatic rings. The van der Waals surface area contributed by atoms with Crippen LogP contribution in [0.25, 0.3) is 0 Å². The zero-order valence-corrected chi connectivity index (χ0v) is 11.1. The molecule has 18 heavy (non-hydrogen) atoms. The van der Waals surface area contributed by atoms with Crippen LogP contribution in [0, 0.1) is 6.92 Å². The van der Waals surface area contributed by atoms with E-state index in [4.69, 9.17) is 11.6 Å². The number of rotatable bonds is 2. The lowest BCUT2D eigenvalue weighted by Crippen LogP contribution is -2.26. The molecule has 1 heterocycles. The average molecular weight is 267 g/mol. The molecule has 1 atom stereocenters. The quantitative estimate of drug-likeness (QED) is 0.829. The van der Waals surface area contributed by atoms with Gasteiger partial charge in [0.1, 0.15) is 0 Å². The number of nitrogens with one attached hydrogen (secondary N) is 1. The molecule has 1 aromatic carbocycles. The minimum Gasteiger partial charge on any atom is -0.355 e. The van der Waals surface area contributed by atoms with Crippen LogP contribution in [0.2, 0.25) is 0 Å². The number of carbonyl (C=O) groups is 2. The van der Waals surface area contributed by atoms with E-state index in [2.05, 4.69) is 5.32 Å². The zero-order chi connectivity index (χ0) is 13.3. The Morgan fingerprint density at radius 2 is 2.22 bits per heavy atom. The van der Waals surface area contributed by atoms with Crippen LogP contribution in [-0.4, -0.2) is 30.8 Å². The van der Waals surface area contributed by atoms with Crippen molar-refractivity contribution in [2.24, 2.45) is 0 Å². The Morgan fingerprint density at radius 3 is 2.72 bits per heavy atom. The van der Waals surface area contributed by atoms with Gasteiger partial charge in [-0.05, 0) is 30.7 Å². The van der Waals surface area contributed by atoms with E-state index in [1.54, 1.807) is 30.1 Å². The highest BCUT2D eigenvalue weighted by Crippen LogP contribution is 2.27. The highest BCUT2D eigenvalue weighted by molar-refractivity contribution is 6.24. The number of hydrogen-bond donors (Lipinski definition) is 1. The molecule has 0 radical (unpaired) electrons. The van der Waals surface area contributed by atoms with Crippen LogP contribution < -0.4 is 10.2 Å². The van der Waals surface area contributed by atoms with Crippen molar-refractivity contribution >= 4 is 29.1 Å². The average Bonchev–Trinajstić information content (AvgIpc) is 2.67. The third kappa shape index (κ3) is 2.34. The number of anilines is 1. The van der Waals surface area contributed by atoms with Gasteiger partial charge in [0.2, 0.25) is 5.91 Å². The minimum absolute atomic E-state index is 0.0331. The third-order valence-electron chi connectivity index (χ3n) is 3.05. The van der Waals surface area contributed by atoms with E-state index in [0.717, 1.165) is 11.3 Å². The van der Waals surface area contributed by atoms with Crippen LogP contribution in [0.4, 0.5) is 5.69 Å². The van der Waals surface area contributed by atoms with Crippen LogP contribution in [0.5, 0.6) is 0 Å². The van der Waals surface area contributed by atoms with Crippen LogP contribution in [-0.2, 0) is 4.79 Å². The summed E-state index contributed by atoms with van der Waals surface area (Å²) in [5.74, 6) is -0.0987. The standard InChI is InChI=1S/C13H15ClN2O2/c1-8-5-9(13(18)15-2)3-4-11(8)16-7-10(14)6-12(16)17/h3-5,10H,6-7H2,1-2H3,(H,15,18). The fourth-order valence-corrected chi connectivity index (χ4v) is 2.41. The Morgan fingerprint density at radius 1 is 1.50 bits per heavy atom. The third-order valence-corrected chi connectivity index (χ3v) is 3.35. The normalized spacial score (nSPS) is 19.2. The fourth-order valence-electron chi connectivity index (χ4n) is 2.14. The van der Waals surface area contributed by atoms with Crippen molar-refractivity contribution in [2.45, 2.75) is 18.7 Å². The Balaban J connectivity index is 2.30. The molecule has 1 N–H and O–H groups in total. The summed E-state index contributed by atoms with van der Waals surface area (Å²) in [5.41, 5.74) is 2.32. The first-order valence-corrected chi connectivity index (χ1v) is 6.23. The lowest BCUT2D eigenvalue weighted by molar-refractivity contribution is -0.117. The van der Waals surface area contributed by atoms with Gasteiger partial charge in [0.15, 0.2) is 0 Å². The van der Waals surface area contributed by atoms with E-state index in [0.29, 0.717) is 18.5 Å². The van der Waals surface area contributed by atoms with E-state index in [1.807, 2.05) is 6.92 Å². The smallest absolute Gasteiger partial charge is 0.251 e. The molecule has 0 aliphatic carbocycles. The van der Waals surface area contributed by atoms with Gasteiger partial charge in [0.25, 0.3) is 5.91 Å². The van der Waals surface area contributed by atoms with Crippen LogP contribution in [0.3, 0.4) is 0 Å². The maximum absolute atomic E-state index is 11.8. The summed E-state index contributed by atoms with van der Waals surface area (Å²) in [4.78, 5) is 25.0. The molecule has 0 bridgehead atoms. The van der Waals surface area contributed by atoms with E-state index in [9.17, 15) is 9.59 Å². The molecule has 0 saturated carbocycles. The highest BCUT2D eigenvalue weighted by atomic mass is 35.5. The SMILES string of the molecule is CNC(=O)c1ccc(N2CC(Cl)CC2=O)c(C)c1. The number of nitrogens with zero attached hydrogens (tertiary/aromatic N) is 1. The summed E-state index contributed by atoms with van der Waals surface area (Å²) in [7, 11) is 1.59. The number of aryl methyl sites for hydroxylation is 1.